The first-order valence-electron chi connectivity index (χ1n) is 10.1. The number of hydrogen-bond acceptors (Lipinski definition) is 1. The number of anilines is 1. The van der Waals surface area contributed by atoms with Crippen LogP contribution in [0.3, 0.4) is 0 Å². The molecule has 0 spiro atoms. The first-order chi connectivity index (χ1) is 11.2. The zero-order valence-corrected chi connectivity index (χ0v) is 15.7. The molecular formula is C22H37N. The van der Waals surface area contributed by atoms with Crippen molar-refractivity contribution in [2.45, 2.75) is 103 Å². The van der Waals surface area contributed by atoms with Gasteiger partial charge in [-0.3, -0.25) is 0 Å². The Morgan fingerprint density at radius 1 is 0.957 bits per heavy atom. The lowest BCUT2D eigenvalue weighted by atomic mass is 9.75. The summed E-state index contributed by atoms with van der Waals surface area (Å²) in [6, 6.07) is 9.04. The Hall–Kier alpha value is -0.980. The van der Waals surface area contributed by atoms with Gasteiger partial charge in [-0.25, -0.2) is 0 Å². The van der Waals surface area contributed by atoms with E-state index in [0.29, 0.717) is 0 Å². The number of fused-ring (bicyclic) bond motifs is 1. The maximum Gasteiger partial charge on any atom is 0.0379 e. The quantitative estimate of drug-likeness (QED) is 0.447. The van der Waals surface area contributed by atoms with Gasteiger partial charge >= 0.3 is 0 Å². The molecule has 0 saturated heterocycles. The van der Waals surface area contributed by atoms with Gasteiger partial charge in [0.05, 0.1) is 0 Å². The van der Waals surface area contributed by atoms with E-state index in [2.05, 4.69) is 50.4 Å². The van der Waals surface area contributed by atoms with E-state index in [0.717, 1.165) is 5.92 Å². The number of benzene rings is 1. The number of nitrogens with one attached hydrogen (secondary N) is 1. The van der Waals surface area contributed by atoms with Crippen LogP contribution in [0.4, 0.5) is 5.69 Å². The van der Waals surface area contributed by atoms with Gasteiger partial charge in [-0.15, -0.1) is 0 Å². The Kier molecular flexibility index (Phi) is 7.46. The summed E-state index contributed by atoms with van der Waals surface area (Å²) in [5, 5.41) is 3.88. The lowest BCUT2D eigenvalue weighted by Crippen LogP contribution is -2.40. The van der Waals surface area contributed by atoms with Crippen LogP contribution in [-0.2, 0) is 0 Å². The van der Waals surface area contributed by atoms with Crippen molar-refractivity contribution in [1.29, 1.82) is 0 Å². The maximum absolute atomic E-state index is 3.88. The molecule has 1 N–H and O–H groups in total. The van der Waals surface area contributed by atoms with Crippen LogP contribution in [0.1, 0.15) is 103 Å². The molecule has 1 heteroatoms. The van der Waals surface area contributed by atoms with Crippen LogP contribution in [0.5, 0.6) is 0 Å². The number of para-hydroxylation sites is 1. The lowest BCUT2D eigenvalue weighted by Gasteiger charge is -2.42. The monoisotopic (exact) mass is 315 g/mol. The second-order valence-electron chi connectivity index (χ2n) is 7.83. The smallest absolute Gasteiger partial charge is 0.0379 e. The van der Waals surface area contributed by atoms with Crippen molar-refractivity contribution in [3.8, 4) is 0 Å². The van der Waals surface area contributed by atoms with Crippen molar-refractivity contribution >= 4 is 5.69 Å². The van der Waals surface area contributed by atoms with E-state index in [9.17, 15) is 0 Å². The lowest BCUT2D eigenvalue weighted by molar-refractivity contribution is 0.352. The average molecular weight is 316 g/mol. The molecule has 0 fully saturated rings. The third kappa shape index (κ3) is 5.55. The van der Waals surface area contributed by atoms with Gasteiger partial charge < -0.3 is 5.32 Å². The normalized spacial score (nSPS) is 23.3. The molecular weight excluding hydrogens is 278 g/mol. The van der Waals surface area contributed by atoms with Crippen molar-refractivity contribution in [2.24, 2.45) is 0 Å². The molecule has 0 aromatic heterocycles. The van der Waals surface area contributed by atoms with Gasteiger partial charge in [0.1, 0.15) is 0 Å². The predicted molar refractivity (Wildman–Crippen MR) is 103 cm³/mol. The second kappa shape index (κ2) is 9.35. The summed E-state index contributed by atoms with van der Waals surface area (Å²) in [6.45, 7) is 7.05. The number of hydrogen-bond donors (Lipinski definition) is 1. The Morgan fingerprint density at radius 3 is 2.39 bits per heavy atom. The van der Waals surface area contributed by atoms with E-state index in [1.807, 2.05) is 0 Å². The Labute approximate surface area is 144 Å². The summed E-state index contributed by atoms with van der Waals surface area (Å²) in [5.74, 6) is 0.750. The van der Waals surface area contributed by atoms with Gasteiger partial charge in [-0.05, 0) is 43.7 Å². The highest BCUT2D eigenvalue weighted by molar-refractivity contribution is 5.57. The molecule has 2 rings (SSSR count). The number of unbranched alkanes of at least 4 members (excludes halogenated alkanes) is 6. The Bertz CT molecular complexity index is 453. The fourth-order valence-electron chi connectivity index (χ4n) is 4.18. The molecule has 1 aliphatic heterocycles. The van der Waals surface area contributed by atoms with Crippen molar-refractivity contribution in [1.82, 2.24) is 0 Å². The molecule has 2 atom stereocenters. The van der Waals surface area contributed by atoms with Crippen LogP contribution in [0.25, 0.3) is 0 Å². The highest BCUT2D eigenvalue weighted by atomic mass is 15.0. The molecule has 23 heavy (non-hydrogen) atoms. The van der Waals surface area contributed by atoms with Crippen LogP contribution in [0.15, 0.2) is 24.3 Å². The van der Waals surface area contributed by atoms with E-state index < -0.39 is 0 Å². The summed E-state index contributed by atoms with van der Waals surface area (Å²) in [5.41, 5.74) is 3.25. The fraction of sp³-hybridized carbons (Fsp3) is 0.727. The molecule has 2 unspecified atom stereocenters. The van der Waals surface area contributed by atoms with E-state index >= 15 is 0 Å². The van der Waals surface area contributed by atoms with Gasteiger partial charge in [-0.2, -0.15) is 0 Å². The molecule has 0 aliphatic carbocycles. The Balaban J connectivity index is 1.99. The average Bonchev–Trinajstić information content (AvgIpc) is 2.55. The maximum atomic E-state index is 3.88. The van der Waals surface area contributed by atoms with Gasteiger partial charge in [0.15, 0.2) is 0 Å². The molecule has 1 aliphatic rings. The Morgan fingerprint density at radius 2 is 1.65 bits per heavy atom. The molecule has 1 aromatic carbocycles. The van der Waals surface area contributed by atoms with E-state index in [1.165, 1.54) is 76.3 Å². The van der Waals surface area contributed by atoms with E-state index in [1.54, 1.807) is 5.56 Å². The molecule has 0 saturated carbocycles. The van der Waals surface area contributed by atoms with Gasteiger partial charge in [0.25, 0.3) is 0 Å². The first kappa shape index (κ1) is 18.4. The van der Waals surface area contributed by atoms with Crippen LogP contribution < -0.4 is 5.32 Å². The first-order valence-corrected chi connectivity index (χ1v) is 10.1. The molecule has 0 radical (unpaired) electrons. The van der Waals surface area contributed by atoms with Crippen molar-refractivity contribution in [3.63, 3.8) is 0 Å². The zero-order valence-electron chi connectivity index (χ0n) is 15.7. The minimum atomic E-state index is 0.289. The topological polar surface area (TPSA) is 12.0 Å². The molecule has 130 valence electrons. The summed E-state index contributed by atoms with van der Waals surface area (Å²) in [4.78, 5) is 0. The summed E-state index contributed by atoms with van der Waals surface area (Å²) in [6.07, 6.45) is 14.9. The van der Waals surface area contributed by atoms with Crippen LogP contribution in [0, 0.1) is 0 Å². The molecule has 0 bridgehead atoms. The fourth-order valence-corrected chi connectivity index (χ4v) is 4.18. The van der Waals surface area contributed by atoms with Gasteiger partial charge in [0, 0.05) is 11.2 Å². The van der Waals surface area contributed by atoms with Crippen LogP contribution in [0.2, 0.25) is 0 Å². The van der Waals surface area contributed by atoms with E-state index in [4.69, 9.17) is 0 Å². The van der Waals surface area contributed by atoms with Gasteiger partial charge in [-0.1, -0.05) is 83.4 Å². The van der Waals surface area contributed by atoms with Crippen LogP contribution in [-0.4, -0.2) is 5.54 Å². The van der Waals surface area contributed by atoms with Crippen molar-refractivity contribution in [2.75, 3.05) is 5.32 Å². The third-order valence-corrected chi connectivity index (χ3v) is 5.52. The SMILES string of the molecule is CCCCCCC1CC(C)(CCCCCC)Nc2ccccc21. The van der Waals surface area contributed by atoms with Crippen LogP contribution >= 0.6 is 0 Å². The summed E-state index contributed by atoms with van der Waals surface area (Å²) in [7, 11) is 0. The third-order valence-electron chi connectivity index (χ3n) is 5.52. The minimum absolute atomic E-state index is 0.289. The van der Waals surface area contributed by atoms with Crippen molar-refractivity contribution in [3.05, 3.63) is 29.8 Å². The largest absolute Gasteiger partial charge is 0.380 e. The number of rotatable bonds is 10. The molecule has 1 heterocycles. The molecule has 1 aromatic rings. The zero-order chi connectivity index (χ0) is 16.5. The standard InChI is InChI=1S/C22H37N/c1-4-6-8-10-14-19-18-22(3,17-13-9-7-5-2)23-21-16-12-11-15-20(19)21/h11-12,15-16,19,23H,4-10,13-14,17-18H2,1-3H3. The second-order valence-corrected chi connectivity index (χ2v) is 7.83. The van der Waals surface area contributed by atoms with Crippen molar-refractivity contribution < 1.29 is 0 Å². The summed E-state index contributed by atoms with van der Waals surface area (Å²) < 4.78 is 0. The summed E-state index contributed by atoms with van der Waals surface area (Å²) >= 11 is 0. The minimum Gasteiger partial charge on any atom is -0.380 e. The molecule has 1 nitrogen and oxygen atoms in total. The van der Waals surface area contributed by atoms with E-state index in [-0.39, 0.29) is 5.54 Å². The highest BCUT2D eigenvalue weighted by Crippen LogP contribution is 2.43. The highest BCUT2D eigenvalue weighted by Gasteiger charge is 2.34. The predicted octanol–water partition coefficient (Wildman–Crippen LogP) is 7.29. The van der Waals surface area contributed by atoms with Gasteiger partial charge in [0.2, 0.25) is 0 Å². The molecule has 0 amide bonds.